The summed E-state index contributed by atoms with van der Waals surface area (Å²) in [5.41, 5.74) is 1.19. The van der Waals surface area contributed by atoms with Crippen molar-refractivity contribution in [1.29, 1.82) is 0 Å². The summed E-state index contributed by atoms with van der Waals surface area (Å²) in [5, 5.41) is 0.286. The van der Waals surface area contributed by atoms with Crippen LogP contribution in [0.25, 0.3) is 17.7 Å². The minimum absolute atomic E-state index is 0.121. The molecule has 3 N–H and O–H groups in total. The van der Waals surface area contributed by atoms with Gasteiger partial charge in [-0.1, -0.05) is 18.2 Å². The molecular formula is C16H13ClN4O2S. The van der Waals surface area contributed by atoms with Crippen molar-refractivity contribution in [3.8, 4) is 0 Å². The quantitative estimate of drug-likeness (QED) is 0.655. The molecule has 6 nitrogen and oxygen atoms in total. The number of hydrogen-bond acceptors (Lipinski definition) is 4. The molecule has 3 aromatic rings. The lowest BCUT2D eigenvalue weighted by molar-refractivity contribution is 1.00. The number of allylic oxidation sites excluding steroid dienone is 1. The van der Waals surface area contributed by atoms with Crippen molar-refractivity contribution in [2.45, 2.75) is 6.92 Å². The van der Waals surface area contributed by atoms with Gasteiger partial charge in [0.25, 0.3) is 11.1 Å². The number of thiophene rings is 1. The van der Waals surface area contributed by atoms with Crippen LogP contribution in [0.4, 0.5) is 0 Å². The minimum atomic E-state index is -0.417. The number of hydrogen-bond donors (Lipinski definition) is 3. The van der Waals surface area contributed by atoms with Crippen molar-refractivity contribution in [3.63, 3.8) is 0 Å². The van der Waals surface area contributed by atoms with Crippen LogP contribution < -0.4 is 21.8 Å². The first-order valence-corrected chi connectivity index (χ1v) is 8.14. The smallest absolute Gasteiger partial charge is 0.272 e. The molecule has 24 heavy (non-hydrogen) atoms. The van der Waals surface area contributed by atoms with Gasteiger partial charge < -0.3 is 15.0 Å². The topological polar surface area (TPSA) is 94.4 Å². The summed E-state index contributed by atoms with van der Waals surface area (Å²) >= 11 is 7.18. The largest absolute Gasteiger partial charge is 0.344 e. The first kappa shape index (κ1) is 16.2. The highest BCUT2D eigenvalue weighted by molar-refractivity contribution is 7.16. The van der Waals surface area contributed by atoms with E-state index in [1.165, 1.54) is 23.7 Å². The first-order chi connectivity index (χ1) is 11.4. The lowest BCUT2D eigenvalue weighted by atomic mass is 10.2. The monoisotopic (exact) mass is 360 g/mol. The molecule has 0 saturated carbocycles. The summed E-state index contributed by atoms with van der Waals surface area (Å²) in [6, 6.07) is 3.50. The summed E-state index contributed by atoms with van der Waals surface area (Å²) in [6.07, 6.45) is 4.59. The minimum Gasteiger partial charge on any atom is -0.344 e. The maximum Gasteiger partial charge on any atom is 0.272 e. The molecule has 3 rings (SSSR count). The molecule has 0 aliphatic rings. The number of nitrogens with one attached hydrogen (secondary N) is 3. The molecule has 0 unspecified atom stereocenters. The molecular weight excluding hydrogens is 348 g/mol. The Morgan fingerprint density at radius 3 is 2.46 bits per heavy atom. The van der Waals surface area contributed by atoms with E-state index in [0.717, 1.165) is 10.5 Å². The molecule has 0 atom stereocenters. The lowest BCUT2D eigenvalue weighted by Gasteiger charge is -1.96. The fourth-order valence-corrected chi connectivity index (χ4v) is 3.14. The first-order valence-electron chi connectivity index (χ1n) is 6.94. The van der Waals surface area contributed by atoms with Crippen molar-refractivity contribution in [2.24, 2.45) is 0 Å². The fourth-order valence-electron chi connectivity index (χ4n) is 2.14. The van der Waals surface area contributed by atoms with Crippen LogP contribution in [0.2, 0.25) is 4.34 Å². The van der Waals surface area contributed by atoms with E-state index < -0.39 is 11.1 Å². The molecule has 0 bridgehead atoms. The highest BCUT2D eigenvalue weighted by Crippen LogP contribution is 2.21. The zero-order valence-electron chi connectivity index (χ0n) is 12.6. The van der Waals surface area contributed by atoms with Gasteiger partial charge in [0.15, 0.2) is 0 Å². The Labute approximate surface area is 144 Å². The SMILES string of the molecule is C=C(C)c1[nH]cnc1/C=c1\[nH]c(=O)/c(=C/c2ccc(Cl)s2)[nH]c1=O. The average Bonchev–Trinajstić information content (AvgIpc) is 3.13. The lowest BCUT2D eigenvalue weighted by Crippen LogP contribution is -2.46. The van der Waals surface area contributed by atoms with Crippen LogP contribution in [-0.2, 0) is 0 Å². The van der Waals surface area contributed by atoms with E-state index in [9.17, 15) is 9.59 Å². The Morgan fingerprint density at radius 1 is 1.21 bits per heavy atom. The van der Waals surface area contributed by atoms with Crippen molar-refractivity contribution in [1.82, 2.24) is 19.9 Å². The predicted octanol–water partition coefficient (Wildman–Crippen LogP) is 1.19. The third kappa shape index (κ3) is 3.32. The summed E-state index contributed by atoms with van der Waals surface area (Å²) in [4.78, 5) is 37.4. The number of rotatable bonds is 3. The van der Waals surface area contributed by atoms with Gasteiger partial charge in [-0.15, -0.1) is 11.3 Å². The number of aromatic amines is 3. The zero-order chi connectivity index (χ0) is 17.3. The van der Waals surface area contributed by atoms with Crippen LogP contribution in [0.15, 0.2) is 34.6 Å². The van der Waals surface area contributed by atoms with Gasteiger partial charge in [-0.05, 0) is 36.8 Å². The van der Waals surface area contributed by atoms with Crippen LogP contribution in [-0.4, -0.2) is 19.9 Å². The molecule has 3 heterocycles. The summed E-state index contributed by atoms with van der Waals surface area (Å²) in [7, 11) is 0. The number of nitrogens with zero attached hydrogens (tertiary/aromatic N) is 1. The van der Waals surface area contributed by atoms with Crippen LogP contribution in [0, 0.1) is 0 Å². The van der Waals surface area contributed by atoms with Gasteiger partial charge in [0, 0.05) is 4.88 Å². The molecule has 122 valence electrons. The summed E-state index contributed by atoms with van der Waals surface area (Å²) < 4.78 is 0.607. The Balaban J connectivity index is 2.15. The van der Waals surface area contributed by atoms with Crippen molar-refractivity contribution >= 4 is 40.7 Å². The van der Waals surface area contributed by atoms with Crippen molar-refractivity contribution in [3.05, 3.63) is 77.0 Å². The number of halogens is 1. The molecule has 0 aliphatic carbocycles. The predicted molar refractivity (Wildman–Crippen MR) is 96.7 cm³/mol. The highest BCUT2D eigenvalue weighted by Gasteiger charge is 2.04. The number of imidazole rings is 1. The maximum atomic E-state index is 12.2. The van der Waals surface area contributed by atoms with Crippen LogP contribution in [0.3, 0.4) is 0 Å². The number of aromatic nitrogens is 4. The number of H-pyrrole nitrogens is 3. The molecule has 0 amide bonds. The van der Waals surface area contributed by atoms with E-state index in [1.54, 1.807) is 18.2 Å². The zero-order valence-corrected chi connectivity index (χ0v) is 14.2. The maximum absolute atomic E-state index is 12.2. The Bertz CT molecular complexity index is 1150. The molecule has 0 aromatic carbocycles. The van der Waals surface area contributed by atoms with Crippen LogP contribution >= 0.6 is 22.9 Å². The Hall–Kier alpha value is -2.64. The van der Waals surface area contributed by atoms with E-state index in [1.807, 2.05) is 6.92 Å². The second-order valence-corrected chi connectivity index (χ2v) is 6.86. The van der Waals surface area contributed by atoms with E-state index in [0.29, 0.717) is 15.7 Å². The molecule has 0 radical (unpaired) electrons. The van der Waals surface area contributed by atoms with Crippen LogP contribution in [0.1, 0.15) is 23.2 Å². The second-order valence-electron chi connectivity index (χ2n) is 5.11. The van der Waals surface area contributed by atoms with Gasteiger partial charge in [0.05, 0.1) is 22.1 Å². The van der Waals surface area contributed by atoms with E-state index in [4.69, 9.17) is 11.6 Å². The standard InChI is InChI=1S/C16H13ClN4O2S/c1-8(2)14-10(18-7-19-14)6-12-16(23)20-11(15(22)21-12)5-9-3-4-13(17)24-9/h3-7H,1H2,2H3,(H,18,19)(H,20,23)(H,21,22)/b11-5-,12-6-. The van der Waals surface area contributed by atoms with Gasteiger partial charge in [0.1, 0.15) is 10.7 Å². The average molecular weight is 361 g/mol. The van der Waals surface area contributed by atoms with Crippen molar-refractivity contribution < 1.29 is 0 Å². The van der Waals surface area contributed by atoms with Gasteiger partial charge in [-0.2, -0.15) is 0 Å². The third-order valence-corrected chi connectivity index (χ3v) is 4.42. The van der Waals surface area contributed by atoms with Gasteiger partial charge in [-0.3, -0.25) is 9.59 Å². The molecule has 0 saturated heterocycles. The van der Waals surface area contributed by atoms with Gasteiger partial charge in [-0.25, -0.2) is 4.98 Å². The molecule has 3 aromatic heterocycles. The van der Waals surface area contributed by atoms with Gasteiger partial charge >= 0.3 is 0 Å². The van der Waals surface area contributed by atoms with E-state index in [2.05, 4.69) is 26.5 Å². The molecule has 0 spiro atoms. The highest BCUT2D eigenvalue weighted by atomic mass is 35.5. The Morgan fingerprint density at radius 2 is 1.88 bits per heavy atom. The third-order valence-electron chi connectivity index (χ3n) is 3.24. The molecule has 0 aliphatic heterocycles. The van der Waals surface area contributed by atoms with Crippen molar-refractivity contribution in [2.75, 3.05) is 0 Å². The summed E-state index contributed by atoms with van der Waals surface area (Å²) in [6.45, 7) is 5.66. The molecule has 8 heteroatoms. The fraction of sp³-hybridized carbons (Fsp3) is 0.0625. The van der Waals surface area contributed by atoms with E-state index >= 15 is 0 Å². The van der Waals surface area contributed by atoms with Gasteiger partial charge in [0.2, 0.25) is 0 Å². The van der Waals surface area contributed by atoms with E-state index in [-0.39, 0.29) is 10.7 Å². The second kappa shape index (κ2) is 6.46. The summed E-state index contributed by atoms with van der Waals surface area (Å²) in [5.74, 6) is 0. The normalized spacial score (nSPS) is 12.8. The molecule has 0 fully saturated rings. The Kier molecular flexibility index (Phi) is 4.37. The van der Waals surface area contributed by atoms with Crippen LogP contribution in [0.5, 0.6) is 0 Å².